The number of phenols is 1. The second-order valence-electron chi connectivity index (χ2n) is 2.43. The van der Waals surface area contributed by atoms with Gasteiger partial charge in [0.05, 0.1) is 0 Å². The molecule has 0 heterocycles. The first kappa shape index (κ1) is 16.6. The molecule has 81 valence electrons. The molecule has 0 saturated heterocycles. The summed E-state index contributed by atoms with van der Waals surface area (Å²) < 4.78 is 8.19. The summed E-state index contributed by atoms with van der Waals surface area (Å²) in [4.78, 5) is 0. The van der Waals surface area contributed by atoms with E-state index in [9.17, 15) is 0 Å². The van der Waals surface area contributed by atoms with Crippen molar-refractivity contribution < 1.29 is 26.1 Å². The number of rotatable bonds is 0. The molecular weight excluding hydrogens is 251 g/mol. The molecule has 1 aromatic carbocycles. The first-order valence-electron chi connectivity index (χ1n) is 4.13. The van der Waals surface area contributed by atoms with Crippen LogP contribution in [0.1, 0.15) is 6.42 Å². The Hall–Kier alpha value is -0.826. The Bertz CT molecular complexity index is 276. The van der Waals surface area contributed by atoms with Gasteiger partial charge in [-0.15, -0.1) is 12.4 Å². The van der Waals surface area contributed by atoms with Gasteiger partial charge in [0.1, 0.15) is 5.75 Å². The molecular formula is C11H13ClO2V. The average Bonchev–Trinajstić information content (AvgIpc) is 2.80. The fraction of sp³-hybridized carbons (Fsp3) is 0.0909. The summed E-state index contributed by atoms with van der Waals surface area (Å²) in [5.74, 6) is 0.322. The van der Waals surface area contributed by atoms with Crippen LogP contribution in [-0.2, 0) is 21.0 Å². The van der Waals surface area contributed by atoms with E-state index in [1.807, 2.05) is 6.07 Å². The predicted molar refractivity (Wildman–Crippen MR) is 58.9 cm³/mol. The van der Waals surface area contributed by atoms with Gasteiger partial charge in [-0.2, -0.15) is 0 Å². The van der Waals surface area contributed by atoms with E-state index in [1.165, 1.54) is 0 Å². The molecule has 1 aromatic rings. The first-order chi connectivity index (χ1) is 6.89. The summed E-state index contributed by atoms with van der Waals surface area (Å²) in [6.45, 7) is 0. The fourth-order valence-corrected chi connectivity index (χ4v) is 0.821. The van der Waals surface area contributed by atoms with Gasteiger partial charge in [0.25, 0.3) is 0 Å². The molecule has 2 rings (SSSR count). The standard InChI is InChI=1S/C6H6O.C5H6.ClH.O.V/c7-6-4-2-1-3-5-6;1-2-4-5-3-1;;;/h1-5,7H;1-4H,5H2;1H;;. The number of hydrogen-bond acceptors (Lipinski definition) is 2. The third-order valence-electron chi connectivity index (χ3n) is 1.41. The minimum atomic E-state index is 0. The predicted octanol–water partition coefficient (Wildman–Crippen LogP) is 3.20. The Morgan fingerprint density at radius 1 is 1.00 bits per heavy atom. The van der Waals surface area contributed by atoms with Crippen LogP contribution in [0.25, 0.3) is 0 Å². The molecule has 0 bridgehead atoms. The Kier molecular flexibility index (Phi) is 14.6. The quantitative estimate of drug-likeness (QED) is 0.780. The molecule has 1 aliphatic carbocycles. The van der Waals surface area contributed by atoms with E-state index in [4.69, 9.17) is 8.78 Å². The Morgan fingerprint density at radius 3 is 1.67 bits per heavy atom. The summed E-state index contributed by atoms with van der Waals surface area (Å²) in [5, 5.41) is 8.63. The van der Waals surface area contributed by atoms with Gasteiger partial charge in [0.15, 0.2) is 0 Å². The summed E-state index contributed by atoms with van der Waals surface area (Å²) in [5.41, 5.74) is 0. The van der Waals surface area contributed by atoms with Crippen molar-refractivity contribution >= 4 is 12.4 Å². The van der Waals surface area contributed by atoms with E-state index >= 15 is 0 Å². The Balaban J connectivity index is 0. The van der Waals surface area contributed by atoms with Crippen LogP contribution >= 0.6 is 12.4 Å². The van der Waals surface area contributed by atoms with Gasteiger partial charge >= 0.3 is 21.0 Å². The third-order valence-corrected chi connectivity index (χ3v) is 1.41. The molecule has 0 amide bonds. The van der Waals surface area contributed by atoms with E-state index in [0.717, 1.165) is 23.8 Å². The van der Waals surface area contributed by atoms with E-state index in [0.29, 0.717) is 5.75 Å². The molecule has 0 unspecified atom stereocenters. The minimum absolute atomic E-state index is 0. The molecule has 0 fully saturated rings. The molecule has 15 heavy (non-hydrogen) atoms. The number of halogens is 1. The Labute approximate surface area is 105 Å². The van der Waals surface area contributed by atoms with E-state index in [-0.39, 0.29) is 12.4 Å². The third kappa shape index (κ3) is 11.1. The van der Waals surface area contributed by atoms with E-state index < -0.39 is 0 Å². The molecule has 0 spiro atoms. The number of allylic oxidation sites excluding steroid dienone is 4. The SMILES string of the molecule is C1=CCC=C1.Cl.Oc1ccccc1.[O]=[V]. The first-order valence-corrected chi connectivity index (χ1v) is 4.70. The monoisotopic (exact) mass is 263 g/mol. The van der Waals surface area contributed by atoms with Crippen LogP contribution in [0.4, 0.5) is 0 Å². The molecule has 1 aliphatic rings. The van der Waals surface area contributed by atoms with Gasteiger partial charge in [-0.05, 0) is 18.6 Å². The van der Waals surface area contributed by atoms with Crippen molar-refractivity contribution in [2.45, 2.75) is 6.42 Å². The normalized spacial score (nSPS) is 10.1. The number of aromatic hydroxyl groups is 1. The van der Waals surface area contributed by atoms with Gasteiger partial charge in [-0.25, -0.2) is 0 Å². The summed E-state index contributed by atoms with van der Waals surface area (Å²) in [6.07, 6.45) is 9.50. The molecule has 0 radical (unpaired) electrons. The van der Waals surface area contributed by atoms with Crippen LogP contribution in [-0.4, -0.2) is 5.11 Å². The van der Waals surface area contributed by atoms with Crippen molar-refractivity contribution in [3.63, 3.8) is 0 Å². The van der Waals surface area contributed by atoms with Crippen molar-refractivity contribution in [3.8, 4) is 5.75 Å². The van der Waals surface area contributed by atoms with Crippen LogP contribution < -0.4 is 0 Å². The van der Waals surface area contributed by atoms with Crippen molar-refractivity contribution in [3.05, 3.63) is 54.6 Å². The molecule has 0 aromatic heterocycles. The zero-order valence-corrected chi connectivity index (χ0v) is 10.3. The number of para-hydroxylation sites is 1. The summed E-state index contributed by atoms with van der Waals surface area (Å²) in [7, 11) is 0. The Morgan fingerprint density at radius 2 is 1.47 bits per heavy atom. The van der Waals surface area contributed by atoms with Gasteiger partial charge in [0.2, 0.25) is 0 Å². The van der Waals surface area contributed by atoms with Gasteiger partial charge in [0, 0.05) is 0 Å². The zero-order valence-electron chi connectivity index (χ0n) is 8.11. The maximum atomic E-state index is 8.63. The van der Waals surface area contributed by atoms with Crippen LogP contribution in [0.5, 0.6) is 5.75 Å². The molecule has 0 atom stereocenters. The van der Waals surface area contributed by atoms with Crippen molar-refractivity contribution in [1.29, 1.82) is 0 Å². The molecule has 4 heteroatoms. The van der Waals surface area contributed by atoms with Crippen LogP contribution in [0.3, 0.4) is 0 Å². The molecule has 0 aliphatic heterocycles. The molecule has 0 saturated carbocycles. The van der Waals surface area contributed by atoms with Crippen LogP contribution in [0, 0.1) is 0 Å². The summed E-state index contributed by atoms with van der Waals surface area (Å²) >= 11 is 1.06. The second kappa shape index (κ2) is 13.2. The fourth-order valence-electron chi connectivity index (χ4n) is 0.821. The number of phenolic OH excluding ortho intramolecular Hbond substituents is 1. The van der Waals surface area contributed by atoms with Crippen molar-refractivity contribution in [2.75, 3.05) is 0 Å². The van der Waals surface area contributed by atoms with Gasteiger partial charge in [-0.3, -0.25) is 0 Å². The number of benzene rings is 1. The van der Waals surface area contributed by atoms with E-state index in [2.05, 4.69) is 24.3 Å². The molecule has 2 nitrogen and oxygen atoms in total. The van der Waals surface area contributed by atoms with Crippen molar-refractivity contribution in [1.82, 2.24) is 0 Å². The molecule has 1 N–H and O–H groups in total. The maximum absolute atomic E-state index is 8.63. The topological polar surface area (TPSA) is 37.3 Å². The van der Waals surface area contributed by atoms with Gasteiger partial charge < -0.3 is 5.11 Å². The van der Waals surface area contributed by atoms with Gasteiger partial charge in [-0.1, -0.05) is 42.5 Å². The van der Waals surface area contributed by atoms with Crippen LogP contribution in [0.2, 0.25) is 0 Å². The van der Waals surface area contributed by atoms with Crippen molar-refractivity contribution in [2.24, 2.45) is 0 Å². The average molecular weight is 264 g/mol. The summed E-state index contributed by atoms with van der Waals surface area (Å²) in [6, 6.07) is 8.71. The number of hydrogen-bond donors (Lipinski definition) is 1. The second-order valence-corrected chi connectivity index (χ2v) is 2.43. The van der Waals surface area contributed by atoms with E-state index in [1.54, 1.807) is 24.3 Å². The zero-order chi connectivity index (χ0) is 10.6. The van der Waals surface area contributed by atoms with Crippen LogP contribution in [0.15, 0.2) is 54.6 Å².